The molecule has 1 heterocycles. The van der Waals surface area contributed by atoms with Gasteiger partial charge in [-0.25, -0.2) is 9.59 Å². The number of hydrogen-bond acceptors (Lipinski definition) is 5. The predicted molar refractivity (Wildman–Crippen MR) is 115 cm³/mol. The SMILES string of the molecule is CCNC(=O)N1CCC(C#N)(NC(=O)[C@H](CC(C)C)OC(=O)NCc2ccccc2)C1. The average Bonchev–Trinajstić information content (AvgIpc) is 3.17. The van der Waals surface area contributed by atoms with Crippen molar-refractivity contribution in [3.63, 3.8) is 0 Å². The monoisotopic (exact) mass is 429 g/mol. The summed E-state index contributed by atoms with van der Waals surface area (Å²) in [5.41, 5.74) is -0.300. The second-order valence-electron chi connectivity index (χ2n) is 8.05. The van der Waals surface area contributed by atoms with Crippen molar-refractivity contribution < 1.29 is 19.1 Å². The fraction of sp³-hybridized carbons (Fsp3) is 0.545. The van der Waals surface area contributed by atoms with E-state index in [1.807, 2.05) is 51.1 Å². The zero-order chi connectivity index (χ0) is 22.9. The first kappa shape index (κ1) is 24.0. The Hall–Kier alpha value is -3.28. The molecule has 9 heteroatoms. The molecule has 0 radical (unpaired) electrons. The minimum Gasteiger partial charge on any atom is -0.436 e. The Morgan fingerprint density at radius 1 is 1.23 bits per heavy atom. The number of nitriles is 1. The Balaban J connectivity index is 1.99. The molecule has 4 amide bonds. The molecular formula is C22H31N5O4. The van der Waals surface area contributed by atoms with E-state index in [1.165, 1.54) is 4.90 Å². The third kappa shape index (κ3) is 7.17. The number of likely N-dealkylation sites (tertiary alicyclic amines) is 1. The van der Waals surface area contributed by atoms with Gasteiger partial charge < -0.3 is 25.6 Å². The predicted octanol–water partition coefficient (Wildman–Crippen LogP) is 2.14. The normalized spacial score (nSPS) is 18.7. The van der Waals surface area contributed by atoms with Crippen molar-refractivity contribution in [2.75, 3.05) is 19.6 Å². The van der Waals surface area contributed by atoms with Gasteiger partial charge in [0.05, 0.1) is 12.6 Å². The number of alkyl carbamates (subject to hydrolysis) is 1. The van der Waals surface area contributed by atoms with Gasteiger partial charge in [-0.3, -0.25) is 4.79 Å². The lowest BCUT2D eigenvalue weighted by atomic mass is 9.99. The van der Waals surface area contributed by atoms with Crippen LogP contribution in [-0.4, -0.2) is 54.2 Å². The van der Waals surface area contributed by atoms with Crippen LogP contribution in [0.2, 0.25) is 0 Å². The molecule has 0 aromatic heterocycles. The second kappa shape index (κ2) is 11.2. The molecule has 1 unspecified atom stereocenters. The number of nitrogens with one attached hydrogen (secondary N) is 3. The average molecular weight is 430 g/mol. The minimum absolute atomic E-state index is 0.0790. The van der Waals surface area contributed by atoms with Crippen molar-refractivity contribution in [3.05, 3.63) is 35.9 Å². The van der Waals surface area contributed by atoms with Crippen LogP contribution in [0.3, 0.4) is 0 Å². The van der Waals surface area contributed by atoms with Crippen molar-refractivity contribution >= 4 is 18.0 Å². The highest BCUT2D eigenvalue weighted by Gasteiger charge is 2.43. The molecular weight excluding hydrogens is 398 g/mol. The zero-order valence-corrected chi connectivity index (χ0v) is 18.3. The van der Waals surface area contributed by atoms with Crippen molar-refractivity contribution in [3.8, 4) is 6.07 Å². The molecule has 168 valence electrons. The molecule has 1 aliphatic heterocycles. The maximum atomic E-state index is 12.9. The molecule has 1 aromatic carbocycles. The van der Waals surface area contributed by atoms with Crippen molar-refractivity contribution in [2.45, 2.75) is 51.8 Å². The summed E-state index contributed by atoms with van der Waals surface area (Å²) in [5, 5.41) is 17.8. The molecule has 2 atom stereocenters. The van der Waals surface area contributed by atoms with Gasteiger partial charge >= 0.3 is 12.1 Å². The number of carbonyl (C=O) groups excluding carboxylic acids is 3. The van der Waals surface area contributed by atoms with Crippen LogP contribution < -0.4 is 16.0 Å². The van der Waals surface area contributed by atoms with Crippen molar-refractivity contribution in [1.29, 1.82) is 5.26 Å². The molecule has 3 N–H and O–H groups in total. The van der Waals surface area contributed by atoms with Crippen LogP contribution in [0.25, 0.3) is 0 Å². The lowest BCUT2D eigenvalue weighted by Crippen LogP contribution is -2.54. The lowest BCUT2D eigenvalue weighted by molar-refractivity contribution is -0.131. The fourth-order valence-corrected chi connectivity index (χ4v) is 3.36. The summed E-state index contributed by atoms with van der Waals surface area (Å²) in [7, 11) is 0. The Bertz CT molecular complexity index is 808. The number of amides is 4. The fourth-order valence-electron chi connectivity index (χ4n) is 3.36. The molecule has 31 heavy (non-hydrogen) atoms. The highest BCUT2D eigenvalue weighted by Crippen LogP contribution is 2.22. The number of ether oxygens (including phenoxy) is 1. The van der Waals surface area contributed by atoms with E-state index < -0.39 is 23.6 Å². The highest BCUT2D eigenvalue weighted by molar-refractivity contribution is 5.85. The first-order valence-electron chi connectivity index (χ1n) is 10.5. The Morgan fingerprint density at radius 3 is 2.55 bits per heavy atom. The molecule has 1 saturated heterocycles. The molecule has 0 bridgehead atoms. The number of carbonyl (C=O) groups is 3. The summed E-state index contributed by atoms with van der Waals surface area (Å²) in [6, 6.07) is 11.2. The number of nitrogens with zero attached hydrogens (tertiary/aromatic N) is 2. The molecule has 0 saturated carbocycles. The van der Waals surface area contributed by atoms with Gasteiger partial charge in [0, 0.05) is 26.1 Å². The van der Waals surface area contributed by atoms with E-state index in [2.05, 4.69) is 22.0 Å². The Kier molecular flexibility index (Phi) is 8.67. The van der Waals surface area contributed by atoms with Gasteiger partial charge in [0.15, 0.2) is 6.10 Å². The summed E-state index contributed by atoms with van der Waals surface area (Å²) in [6.45, 7) is 6.82. The van der Waals surface area contributed by atoms with E-state index in [0.29, 0.717) is 25.9 Å². The smallest absolute Gasteiger partial charge is 0.408 e. The lowest BCUT2D eigenvalue weighted by Gasteiger charge is -2.27. The largest absolute Gasteiger partial charge is 0.436 e. The van der Waals surface area contributed by atoms with Crippen LogP contribution in [0.1, 0.15) is 39.2 Å². The van der Waals surface area contributed by atoms with E-state index in [0.717, 1.165) is 5.56 Å². The number of benzene rings is 1. The van der Waals surface area contributed by atoms with E-state index in [9.17, 15) is 19.6 Å². The molecule has 1 aromatic rings. The van der Waals surface area contributed by atoms with Crippen LogP contribution >= 0.6 is 0 Å². The van der Waals surface area contributed by atoms with Gasteiger partial charge in [-0.1, -0.05) is 44.2 Å². The van der Waals surface area contributed by atoms with Crippen LogP contribution in [0.5, 0.6) is 0 Å². The van der Waals surface area contributed by atoms with E-state index >= 15 is 0 Å². The number of urea groups is 1. The first-order chi connectivity index (χ1) is 14.8. The van der Waals surface area contributed by atoms with E-state index in [1.54, 1.807) is 0 Å². The van der Waals surface area contributed by atoms with Gasteiger partial charge in [0.2, 0.25) is 0 Å². The van der Waals surface area contributed by atoms with Crippen LogP contribution in [0, 0.1) is 17.2 Å². The van der Waals surface area contributed by atoms with E-state index in [4.69, 9.17) is 4.74 Å². The summed E-state index contributed by atoms with van der Waals surface area (Å²) < 4.78 is 5.39. The quantitative estimate of drug-likeness (QED) is 0.584. The van der Waals surface area contributed by atoms with Gasteiger partial charge in [-0.2, -0.15) is 5.26 Å². The Labute approximate surface area is 183 Å². The van der Waals surface area contributed by atoms with Gasteiger partial charge in [0.1, 0.15) is 5.54 Å². The number of hydrogen-bond donors (Lipinski definition) is 3. The zero-order valence-electron chi connectivity index (χ0n) is 18.3. The molecule has 1 fully saturated rings. The van der Waals surface area contributed by atoms with Crippen molar-refractivity contribution in [1.82, 2.24) is 20.9 Å². The first-order valence-corrected chi connectivity index (χ1v) is 10.5. The van der Waals surface area contributed by atoms with Crippen LogP contribution in [-0.2, 0) is 16.1 Å². The third-order valence-electron chi connectivity index (χ3n) is 4.97. The molecule has 2 rings (SSSR count). The van der Waals surface area contributed by atoms with E-state index in [-0.39, 0.29) is 25.0 Å². The standard InChI is InChI=1S/C22H31N5O4/c1-4-24-20(29)27-11-10-22(14-23,15-27)26-19(28)18(12-16(2)3)31-21(30)25-13-17-8-6-5-7-9-17/h5-9,16,18H,4,10-13,15H2,1-3H3,(H,24,29)(H,25,30)(H,26,28)/t18-,22?/m0/s1. The summed E-state index contributed by atoms with van der Waals surface area (Å²) in [4.78, 5) is 38.8. The molecule has 0 aliphatic carbocycles. The van der Waals surface area contributed by atoms with Gasteiger partial charge in [-0.05, 0) is 24.8 Å². The van der Waals surface area contributed by atoms with Gasteiger partial charge in [-0.15, -0.1) is 0 Å². The second-order valence-corrected chi connectivity index (χ2v) is 8.05. The topological polar surface area (TPSA) is 124 Å². The maximum absolute atomic E-state index is 12.9. The third-order valence-corrected chi connectivity index (χ3v) is 4.97. The number of rotatable bonds is 8. The Morgan fingerprint density at radius 2 is 1.94 bits per heavy atom. The highest BCUT2D eigenvalue weighted by atomic mass is 16.6. The van der Waals surface area contributed by atoms with Crippen molar-refractivity contribution in [2.24, 2.45) is 5.92 Å². The summed E-state index contributed by atoms with van der Waals surface area (Å²) >= 11 is 0. The summed E-state index contributed by atoms with van der Waals surface area (Å²) in [6.07, 6.45) is -1.13. The molecule has 0 spiro atoms. The van der Waals surface area contributed by atoms with Crippen LogP contribution in [0.4, 0.5) is 9.59 Å². The van der Waals surface area contributed by atoms with Crippen LogP contribution in [0.15, 0.2) is 30.3 Å². The minimum atomic E-state index is -1.21. The molecule has 1 aliphatic rings. The molecule has 9 nitrogen and oxygen atoms in total. The summed E-state index contributed by atoms with van der Waals surface area (Å²) in [5.74, 6) is -0.450. The maximum Gasteiger partial charge on any atom is 0.408 e. The van der Waals surface area contributed by atoms with Gasteiger partial charge in [0.25, 0.3) is 5.91 Å².